The average Bonchev–Trinajstić information content (AvgIpc) is 2.60. The molecule has 1 amide bonds. The molecule has 2 N–H and O–H groups in total. The minimum absolute atomic E-state index is 0.273. The predicted molar refractivity (Wildman–Crippen MR) is 86.1 cm³/mol. The zero-order valence-corrected chi connectivity index (χ0v) is 14.2. The Kier molecular flexibility index (Phi) is 5.86. The summed E-state index contributed by atoms with van der Waals surface area (Å²) >= 11 is 0. The molecule has 0 saturated heterocycles. The Labute approximate surface area is 148 Å². The lowest BCUT2D eigenvalue weighted by Crippen LogP contribution is -2.47. The normalized spacial score (nSPS) is 12.1. The van der Waals surface area contributed by atoms with Gasteiger partial charge in [0.15, 0.2) is 11.0 Å². The summed E-state index contributed by atoms with van der Waals surface area (Å²) in [6.45, 7) is 1.34. The first-order chi connectivity index (χ1) is 12.2. The number of nitrogens with one attached hydrogen (secondary N) is 2. The monoisotopic (exact) mass is 381 g/mol. The summed E-state index contributed by atoms with van der Waals surface area (Å²) in [7, 11) is -4.66. The zero-order chi connectivity index (χ0) is 19.3. The van der Waals surface area contributed by atoms with Gasteiger partial charge in [0, 0.05) is 0 Å². The van der Waals surface area contributed by atoms with Crippen molar-refractivity contribution in [2.24, 2.45) is 0 Å². The number of hydrazine groups is 1. The van der Waals surface area contributed by atoms with Crippen molar-refractivity contribution >= 4 is 15.9 Å². The summed E-state index contributed by atoms with van der Waals surface area (Å²) < 4.78 is 56.3. The highest BCUT2D eigenvalue weighted by atomic mass is 32.2. The summed E-state index contributed by atoms with van der Waals surface area (Å²) in [4.78, 5) is 12.3. The highest BCUT2D eigenvalue weighted by Gasteiger charge is 2.25. The van der Waals surface area contributed by atoms with Crippen LogP contribution in [0.2, 0.25) is 0 Å². The molecule has 2 rings (SSSR count). The molecule has 10 heteroatoms. The predicted octanol–water partition coefficient (Wildman–Crippen LogP) is 1.61. The molecule has 0 heterocycles. The molecule has 0 aliphatic heterocycles. The Morgan fingerprint density at radius 1 is 1.15 bits per heavy atom. The van der Waals surface area contributed by atoms with E-state index in [4.69, 9.17) is 10.00 Å². The van der Waals surface area contributed by atoms with E-state index in [2.05, 4.69) is 0 Å². The van der Waals surface area contributed by atoms with Gasteiger partial charge in [-0.1, -0.05) is 6.07 Å². The van der Waals surface area contributed by atoms with Gasteiger partial charge < -0.3 is 4.74 Å². The van der Waals surface area contributed by atoms with E-state index in [1.807, 2.05) is 11.5 Å². The molecule has 0 radical (unpaired) electrons. The summed E-state index contributed by atoms with van der Waals surface area (Å²) in [5.41, 5.74) is 2.23. The van der Waals surface area contributed by atoms with Crippen LogP contribution >= 0.6 is 0 Å². The van der Waals surface area contributed by atoms with Gasteiger partial charge in [0.05, 0.1) is 11.6 Å². The van der Waals surface area contributed by atoms with Gasteiger partial charge in [-0.15, -0.1) is 4.83 Å². The van der Waals surface area contributed by atoms with Crippen LogP contribution in [0.5, 0.6) is 5.75 Å². The number of nitrogens with zero attached hydrogens (tertiary/aromatic N) is 1. The van der Waals surface area contributed by atoms with Crippen molar-refractivity contribution in [3.8, 4) is 11.8 Å². The van der Waals surface area contributed by atoms with Crippen molar-refractivity contribution in [2.45, 2.75) is 17.9 Å². The number of hydrogen-bond acceptors (Lipinski definition) is 5. The lowest BCUT2D eigenvalue weighted by Gasteiger charge is -2.15. The number of hydrogen-bond donors (Lipinski definition) is 2. The van der Waals surface area contributed by atoms with Crippen LogP contribution in [0.4, 0.5) is 8.78 Å². The highest BCUT2D eigenvalue weighted by Crippen LogP contribution is 2.17. The molecule has 0 saturated carbocycles. The smallest absolute Gasteiger partial charge is 0.275 e. The molecule has 136 valence electrons. The van der Waals surface area contributed by atoms with E-state index in [1.165, 1.54) is 31.2 Å². The van der Waals surface area contributed by atoms with Gasteiger partial charge in [0.25, 0.3) is 15.9 Å². The summed E-state index contributed by atoms with van der Waals surface area (Å²) in [5.74, 6) is -3.22. The Bertz CT molecular complexity index is 936. The standard InChI is InChI=1S/C16H13F2N3O4S/c1-10(25-12-7-5-11(9-19)6-8-12)16(22)20-21-26(23,24)15-13(17)3-2-4-14(15)18/h2-8,10,21H,1H3,(H,20,22)/t10-/m0/s1. The lowest BCUT2D eigenvalue weighted by atomic mass is 10.2. The first-order valence-electron chi connectivity index (χ1n) is 7.17. The fraction of sp³-hybridized carbons (Fsp3) is 0.125. The van der Waals surface area contributed by atoms with Crippen molar-refractivity contribution in [1.29, 1.82) is 5.26 Å². The maximum atomic E-state index is 13.6. The number of benzene rings is 2. The number of ether oxygens (including phenoxy) is 1. The first kappa shape index (κ1) is 19.3. The van der Waals surface area contributed by atoms with Gasteiger partial charge in [-0.25, -0.2) is 17.2 Å². The highest BCUT2D eigenvalue weighted by molar-refractivity contribution is 7.89. The fourth-order valence-electron chi connectivity index (χ4n) is 1.88. The average molecular weight is 381 g/mol. The van der Waals surface area contributed by atoms with Crippen molar-refractivity contribution in [2.75, 3.05) is 0 Å². The first-order valence-corrected chi connectivity index (χ1v) is 8.65. The number of carbonyl (C=O) groups is 1. The van der Waals surface area contributed by atoms with Crippen LogP contribution in [-0.4, -0.2) is 20.4 Å². The number of carbonyl (C=O) groups excluding carboxylic acids is 1. The van der Waals surface area contributed by atoms with E-state index in [0.29, 0.717) is 5.56 Å². The van der Waals surface area contributed by atoms with E-state index in [1.54, 1.807) is 4.83 Å². The van der Waals surface area contributed by atoms with Gasteiger partial charge in [-0.3, -0.25) is 10.2 Å². The molecule has 0 aromatic heterocycles. The van der Waals surface area contributed by atoms with Crippen molar-refractivity contribution in [3.05, 3.63) is 59.7 Å². The maximum Gasteiger partial charge on any atom is 0.275 e. The molecule has 0 fully saturated rings. The van der Waals surface area contributed by atoms with Gasteiger partial charge in [-0.2, -0.15) is 5.26 Å². The third kappa shape index (κ3) is 4.53. The number of halogens is 2. The molecule has 7 nitrogen and oxygen atoms in total. The van der Waals surface area contributed by atoms with E-state index in [0.717, 1.165) is 18.2 Å². The third-order valence-electron chi connectivity index (χ3n) is 3.16. The molecule has 0 spiro atoms. The molecular formula is C16H13F2N3O4S. The Morgan fingerprint density at radius 3 is 2.27 bits per heavy atom. The Hall–Kier alpha value is -3.03. The summed E-state index contributed by atoms with van der Waals surface area (Å²) in [5, 5.41) is 8.70. The lowest BCUT2D eigenvalue weighted by molar-refractivity contribution is -0.127. The van der Waals surface area contributed by atoms with E-state index in [-0.39, 0.29) is 5.75 Å². The largest absolute Gasteiger partial charge is 0.481 e. The molecule has 26 heavy (non-hydrogen) atoms. The van der Waals surface area contributed by atoms with Crippen molar-refractivity contribution < 1.29 is 26.7 Å². The van der Waals surface area contributed by atoms with Crippen LogP contribution in [-0.2, 0) is 14.8 Å². The quantitative estimate of drug-likeness (QED) is 0.739. The minimum Gasteiger partial charge on any atom is -0.481 e. The second kappa shape index (κ2) is 7.90. The van der Waals surface area contributed by atoms with Crippen LogP contribution in [0.3, 0.4) is 0 Å². The molecule has 0 aliphatic rings. The molecular weight excluding hydrogens is 368 g/mol. The molecule has 0 unspecified atom stereocenters. The Balaban J connectivity index is 2.01. The van der Waals surface area contributed by atoms with Crippen LogP contribution in [0, 0.1) is 23.0 Å². The van der Waals surface area contributed by atoms with Crippen LogP contribution in [0.1, 0.15) is 12.5 Å². The van der Waals surface area contributed by atoms with Crippen LogP contribution < -0.4 is 15.0 Å². The van der Waals surface area contributed by atoms with Crippen molar-refractivity contribution in [1.82, 2.24) is 10.3 Å². The molecule has 0 bridgehead atoms. The van der Waals surface area contributed by atoms with Crippen LogP contribution in [0.15, 0.2) is 47.4 Å². The van der Waals surface area contributed by atoms with E-state index >= 15 is 0 Å². The van der Waals surface area contributed by atoms with Gasteiger partial charge in [0.2, 0.25) is 0 Å². The second-order valence-electron chi connectivity index (χ2n) is 5.04. The SMILES string of the molecule is C[C@H](Oc1ccc(C#N)cc1)C(=O)NNS(=O)(=O)c1c(F)cccc1F. The van der Waals surface area contributed by atoms with Gasteiger partial charge in [0.1, 0.15) is 17.4 Å². The number of amides is 1. The summed E-state index contributed by atoms with van der Waals surface area (Å²) in [6.07, 6.45) is -1.13. The number of nitriles is 1. The Morgan fingerprint density at radius 2 is 1.73 bits per heavy atom. The van der Waals surface area contributed by atoms with Crippen LogP contribution in [0.25, 0.3) is 0 Å². The third-order valence-corrected chi connectivity index (χ3v) is 4.46. The molecule has 2 aromatic rings. The van der Waals surface area contributed by atoms with E-state index in [9.17, 15) is 22.0 Å². The molecule has 2 aromatic carbocycles. The fourth-order valence-corrected chi connectivity index (χ4v) is 2.86. The topological polar surface area (TPSA) is 108 Å². The number of sulfonamides is 1. The minimum atomic E-state index is -4.66. The molecule has 1 atom stereocenters. The van der Waals surface area contributed by atoms with Gasteiger partial charge in [-0.05, 0) is 43.3 Å². The molecule has 0 aliphatic carbocycles. The number of rotatable bonds is 6. The van der Waals surface area contributed by atoms with Crippen molar-refractivity contribution in [3.63, 3.8) is 0 Å². The maximum absolute atomic E-state index is 13.6. The van der Waals surface area contributed by atoms with Gasteiger partial charge >= 0.3 is 0 Å². The second-order valence-corrected chi connectivity index (χ2v) is 6.66. The zero-order valence-electron chi connectivity index (χ0n) is 13.4. The summed E-state index contributed by atoms with van der Waals surface area (Å²) in [6, 6.07) is 10.3. The van der Waals surface area contributed by atoms with E-state index < -0.39 is 38.6 Å².